The molecule has 8 rings (SSSR count). The predicted octanol–water partition coefficient (Wildman–Crippen LogP) is 5.27. The molecule has 0 aliphatic rings. The topological polar surface area (TPSA) is 322 Å². The first-order valence-corrected chi connectivity index (χ1v) is 17.0. The second kappa shape index (κ2) is 17.5. The highest BCUT2D eigenvalue weighted by Gasteiger charge is 2.10. The summed E-state index contributed by atoms with van der Waals surface area (Å²) in [5.74, 6) is -6.47. The van der Waals surface area contributed by atoms with Crippen molar-refractivity contribution in [2.75, 3.05) is 0 Å². The molecule has 0 atom stereocenters. The molecule has 0 bridgehead atoms. The van der Waals surface area contributed by atoms with Gasteiger partial charge in [-0.2, -0.15) is 0 Å². The zero-order valence-electron chi connectivity index (χ0n) is 30.4. The van der Waals surface area contributed by atoms with Crippen molar-refractivity contribution in [3.8, 4) is 46.0 Å². The van der Waals surface area contributed by atoms with Crippen molar-refractivity contribution in [2.24, 2.45) is 0 Å². The van der Waals surface area contributed by atoms with Gasteiger partial charge in [0.2, 0.25) is 0 Å². The first-order valence-electron chi connectivity index (χ1n) is 17.0. The smallest absolute Gasteiger partial charge is 0.335 e. The normalized spacial score (nSPS) is 10.4. The minimum atomic E-state index is -1.17. The van der Waals surface area contributed by atoms with E-state index in [2.05, 4.69) is 0 Å². The van der Waals surface area contributed by atoms with Gasteiger partial charge in [-0.15, -0.1) is 17.2 Å². The molecule has 0 spiro atoms. The number of carbonyl (C=O) groups is 4. The number of aromatic carboxylic acids is 4. The van der Waals surface area contributed by atoms with Crippen LogP contribution in [-0.4, -0.2) is 64.7 Å². The average molecular weight is 813 g/mol. The largest absolute Gasteiger partial charge is 0.872 e. The van der Waals surface area contributed by atoms with Crippen LogP contribution in [0.15, 0.2) is 121 Å². The lowest BCUT2D eigenvalue weighted by Crippen LogP contribution is -1.99. The number of fused-ring (bicyclic) bond motifs is 4. The van der Waals surface area contributed by atoms with Crippen molar-refractivity contribution in [1.82, 2.24) is 0 Å². The number of rotatable bonds is 4. The summed E-state index contributed by atoms with van der Waals surface area (Å²) in [7, 11) is 0. The fourth-order valence-corrected chi connectivity index (χ4v) is 5.84. The number of benzene rings is 8. The van der Waals surface area contributed by atoms with Crippen molar-refractivity contribution in [2.45, 2.75) is 0 Å². The molecule has 0 heterocycles. The van der Waals surface area contributed by atoms with Crippen LogP contribution in [0.2, 0.25) is 0 Å². The van der Waals surface area contributed by atoms with Crippen LogP contribution in [0.5, 0.6) is 46.0 Å². The minimum absolute atomic E-state index is 0.00411. The Morgan fingerprint density at radius 1 is 0.350 bits per heavy atom. The third-order valence-electron chi connectivity index (χ3n) is 8.64. The number of carboxylic acids is 4. The van der Waals surface area contributed by atoms with E-state index in [4.69, 9.17) is 20.4 Å². The monoisotopic (exact) mass is 812 g/mol. The summed E-state index contributed by atoms with van der Waals surface area (Å²) in [4.78, 5) is 42.7. The predicted molar refractivity (Wildman–Crippen MR) is 208 cm³/mol. The van der Waals surface area contributed by atoms with Gasteiger partial charge in [0.25, 0.3) is 0 Å². The zero-order chi connectivity index (χ0) is 44.0. The molecule has 0 radical (unpaired) electrons. The lowest BCUT2D eigenvalue weighted by molar-refractivity contribution is -0.266. The summed E-state index contributed by atoms with van der Waals surface area (Å²) < 4.78 is 0. The maximum absolute atomic E-state index is 11.5. The molecule has 0 saturated carbocycles. The van der Waals surface area contributed by atoms with Crippen LogP contribution in [0, 0.1) is 0 Å². The van der Waals surface area contributed by atoms with E-state index < -0.39 is 29.6 Å². The highest BCUT2D eigenvalue weighted by molar-refractivity contribution is 6.01. The van der Waals surface area contributed by atoms with Crippen LogP contribution >= 0.6 is 0 Å². The molecule has 16 heteroatoms. The number of phenolic OH excluding ortho intramolecular Hbond substituents is 4. The van der Waals surface area contributed by atoms with Gasteiger partial charge < -0.3 is 61.3 Å². The molecule has 304 valence electrons. The van der Waals surface area contributed by atoms with Gasteiger partial charge in [-0.3, -0.25) is 0 Å². The van der Waals surface area contributed by atoms with Gasteiger partial charge in [0.1, 0.15) is 23.0 Å². The Hall–Kier alpha value is -8.92. The molecule has 0 aliphatic carbocycles. The van der Waals surface area contributed by atoms with Gasteiger partial charge in [-0.05, 0) is 93.0 Å². The summed E-state index contributed by atoms with van der Waals surface area (Å²) in [6.07, 6.45) is 0. The third-order valence-corrected chi connectivity index (χ3v) is 8.64. The number of hydrogen-bond acceptors (Lipinski definition) is 12. The van der Waals surface area contributed by atoms with Crippen LogP contribution in [0.4, 0.5) is 0 Å². The molecule has 8 aromatic carbocycles. The summed E-state index contributed by atoms with van der Waals surface area (Å²) in [5.41, 5.74) is -0.245. The minimum Gasteiger partial charge on any atom is -0.872 e. The fourth-order valence-electron chi connectivity index (χ4n) is 5.84. The Morgan fingerprint density at radius 2 is 0.833 bits per heavy atom. The number of carboxylic acid groups (broad SMARTS) is 4. The van der Waals surface area contributed by atoms with Crippen molar-refractivity contribution < 1.29 is 80.5 Å². The summed E-state index contributed by atoms with van der Waals surface area (Å²) in [5, 5.41) is 121. The van der Waals surface area contributed by atoms with Crippen molar-refractivity contribution in [3.63, 3.8) is 0 Å². The van der Waals surface area contributed by atoms with Gasteiger partial charge in [0.15, 0.2) is 0 Å². The van der Waals surface area contributed by atoms with E-state index in [9.17, 15) is 60.0 Å². The number of aromatic hydroxyl groups is 4. The molecule has 0 unspecified atom stereocenters. The highest BCUT2D eigenvalue weighted by atomic mass is 16.4. The molecule has 0 aromatic heterocycles. The molecule has 0 fully saturated rings. The van der Waals surface area contributed by atoms with E-state index in [1.807, 2.05) is 0 Å². The lowest BCUT2D eigenvalue weighted by atomic mass is 10.1. The molecular formula is C44H28O16-4. The second-order valence-corrected chi connectivity index (χ2v) is 12.7. The van der Waals surface area contributed by atoms with E-state index in [-0.39, 0.29) is 73.3 Å². The molecule has 8 N–H and O–H groups in total. The molecular weight excluding hydrogens is 784 g/mol. The van der Waals surface area contributed by atoms with Gasteiger partial charge in [0, 0.05) is 10.8 Å². The van der Waals surface area contributed by atoms with Gasteiger partial charge in [0.05, 0.1) is 22.3 Å². The molecule has 60 heavy (non-hydrogen) atoms. The first kappa shape index (κ1) is 42.2. The van der Waals surface area contributed by atoms with Crippen LogP contribution in [0.1, 0.15) is 41.4 Å². The third kappa shape index (κ3) is 9.54. The van der Waals surface area contributed by atoms with E-state index in [1.165, 1.54) is 84.9 Å². The summed E-state index contributed by atoms with van der Waals surface area (Å²) >= 11 is 0. The SMILES string of the molecule is O=C(O)c1cc(O)c2c([O-])cccc2c1.O=C(O)c1cc(O)c2cccc([O-])c2c1.O=C(O)c1cc([O-])c2cc(O)ccc2c1.O=C(O)c1cc([O-])c2ccc(O)cc2c1. The van der Waals surface area contributed by atoms with Crippen molar-refractivity contribution in [3.05, 3.63) is 144 Å². The van der Waals surface area contributed by atoms with Crippen LogP contribution < -0.4 is 20.4 Å². The Labute approximate surface area is 336 Å². The number of hydrogen-bond donors (Lipinski definition) is 8. The number of phenols is 4. The summed E-state index contributed by atoms with van der Waals surface area (Å²) in [6.45, 7) is 0. The maximum Gasteiger partial charge on any atom is 0.335 e. The standard InChI is InChI=1S/4C11H8O4/c12-8-1-2-9-6(4-8)3-7(11(14)15)5-10(9)13;12-8-2-1-6-3-7(11(14)15)4-10(13)9(6)5-8;12-9-3-1-2-7-8(9)4-6(11(14)15)5-10(7)13;12-8-3-1-2-6-4-7(11(14)15)5-9(13)10(6)8/h4*1-5,12-13H,(H,14,15)/p-4. The Kier molecular flexibility index (Phi) is 12.3. The van der Waals surface area contributed by atoms with Gasteiger partial charge >= 0.3 is 23.9 Å². The molecule has 0 aliphatic heterocycles. The molecule has 8 aromatic rings. The maximum atomic E-state index is 11.5. The molecule has 0 amide bonds. The molecule has 0 saturated heterocycles. The second-order valence-electron chi connectivity index (χ2n) is 12.7. The van der Waals surface area contributed by atoms with Crippen molar-refractivity contribution in [1.29, 1.82) is 0 Å². The first-order chi connectivity index (χ1) is 28.3. The fraction of sp³-hybridized carbons (Fsp3) is 0. The quantitative estimate of drug-likeness (QED) is 0.112. The Morgan fingerprint density at radius 3 is 1.47 bits per heavy atom. The van der Waals surface area contributed by atoms with E-state index in [0.29, 0.717) is 32.3 Å². The van der Waals surface area contributed by atoms with Crippen LogP contribution in [0.3, 0.4) is 0 Å². The molecule has 16 nitrogen and oxygen atoms in total. The van der Waals surface area contributed by atoms with Crippen molar-refractivity contribution >= 4 is 67.0 Å². The van der Waals surface area contributed by atoms with E-state index >= 15 is 0 Å². The van der Waals surface area contributed by atoms with Crippen LogP contribution in [0.25, 0.3) is 43.1 Å². The van der Waals surface area contributed by atoms with E-state index in [0.717, 1.165) is 24.3 Å². The average Bonchev–Trinajstić information content (AvgIpc) is 3.18. The Balaban J connectivity index is 0.000000152. The summed E-state index contributed by atoms with van der Waals surface area (Å²) in [6, 6.07) is 27.0. The van der Waals surface area contributed by atoms with E-state index in [1.54, 1.807) is 12.1 Å². The van der Waals surface area contributed by atoms with Crippen LogP contribution in [-0.2, 0) is 0 Å². The Bertz CT molecular complexity index is 2960. The zero-order valence-corrected chi connectivity index (χ0v) is 30.4. The lowest BCUT2D eigenvalue weighted by Gasteiger charge is -2.11. The van der Waals surface area contributed by atoms with Gasteiger partial charge in [-0.25, -0.2) is 19.2 Å². The van der Waals surface area contributed by atoms with Gasteiger partial charge in [-0.1, -0.05) is 66.4 Å². The highest BCUT2D eigenvalue weighted by Crippen LogP contribution is 2.33.